The average Bonchev–Trinajstić information content (AvgIpc) is 3.19. The van der Waals surface area contributed by atoms with Gasteiger partial charge >= 0.3 is 6.09 Å². The average molecular weight is 485 g/mol. The Kier molecular flexibility index (Phi) is 7.22. The van der Waals surface area contributed by atoms with E-state index in [1.54, 1.807) is 12.1 Å². The molecule has 3 aromatic carbocycles. The van der Waals surface area contributed by atoms with Gasteiger partial charge in [-0.3, -0.25) is 0 Å². The molecule has 0 aliphatic carbocycles. The Bertz CT molecular complexity index is 1170. The Labute approximate surface area is 198 Å². The number of hydrogen-bond donors (Lipinski definition) is 2. The molecule has 9 heteroatoms. The molecule has 0 unspecified atom stereocenters. The largest absolute Gasteiger partial charge is 0.457 e. The van der Waals surface area contributed by atoms with E-state index in [0.29, 0.717) is 11.5 Å². The van der Waals surface area contributed by atoms with Gasteiger partial charge < -0.3 is 14.4 Å². The summed E-state index contributed by atoms with van der Waals surface area (Å²) >= 11 is 4.48. The lowest BCUT2D eigenvalue weighted by Gasteiger charge is -2.17. The quantitative estimate of drug-likeness (QED) is 0.494. The third kappa shape index (κ3) is 6.07. The number of rotatable bonds is 7. The number of sulfonamides is 1. The molecule has 1 fully saturated rings. The number of nitrogens with one attached hydrogen (secondary N) is 1. The third-order valence-electron chi connectivity index (χ3n) is 5.17. The van der Waals surface area contributed by atoms with Crippen molar-refractivity contribution in [3.05, 3.63) is 90.5 Å². The van der Waals surface area contributed by atoms with Gasteiger partial charge in [0.1, 0.15) is 18.1 Å². The van der Waals surface area contributed by atoms with Gasteiger partial charge in [0.05, 0.1) is 10.9 Å². The van der Waals surface area contributed by atoms with Gasteiger partial charge in [-0.15, -0.1) is 0 Å². The van der Waals surface area contributed by atoms with Crippen molar-refractivity contribution in [1.29, 1.82) is 0 Å². The number of ether oxygens (including phenoxy) is 2. The smallest absolute Gasteiger partial charge is 0.410 e. The first-order valence-electron chi connectivity index (χ1n) is 10.4. The minimum absolute atomic E-state index is 0.105. The summed E-state index contributed by atoms with van der Waals surface area (Å²) in [6.45, 7) is 0.616. The van der Waals surface area contributed by atoms with Crippen LogP contribution in [0.2, 0.25) is 0 Å². The highest BCUT2D eigenvalue weighted by Crippen LogP contribution is 2.24. The molecule has 1 heterocycles. The van der Waals surface area contributed by atoms with Crippen LogP contribution in [0.1, 0.15) is 5.56 Å². The monoisotopic (exact) mass is 484 g/mol. The van der Waals surface area contributed by atoms with E-state index in [1.807, 2.05) is 60.7 Å². The summed E-state index contributed by atoms with van der Waals surface area (Å²) < 4.78 is 39.4. The van der Waals surface area contributed by atoms with Crippen molar-refractivity contribution < 1.29 is 22.7 Å². The Balaban J connectivity index is 1.34. The molecule has 7 nitrogen and oxygen atoms in total. The molecule has 4 rings (SSSR count). The fourth-order valence-corrected chi connectivity index (χ4v) is 5.18. The molecule has 0 radical (unpaired) electrons. The van der Waals surface area contributed by atoms with E-state index >= 15 is 0 Å². The minimum Gasteiger partial charge on any atom is -0.457 e. The van der Waals surface area contributed by atoms with Gasteiger partial charge in [0.15, 0.2) is 0 Å². The van der Waals surface area contributed by atoms with Gasteiger partial charge in [-0.25, -0.2) is 17.9 Å². The predicted octanol–water partition coefficient (Wildman–Crippen LogP) is 4.08. The van der Waals surface area contributed by atoms with E-state index in [-0.39, 0.29) is 29.8 Å². The Morgan fingerprint density at radius 3 is 2.18 bits per heavy atom. The standard InChI is InChI=1S/C24H24N2O5S2/c27-24(30-17-18-7-3-1-4-8-18)26-15-22(23(32)16-26)25-33(28,29)21-13-11-20(12-14-21)31-19-9-5-2-6-10-19/h1-14,22-23,25,32H,15-17H2/t22-,23+/m0/s1. The lowest BCUT2D eigenvalue weighted by Crippen LogP contribution is -2.41. The van der Waals surface area contributed by atoms with Crippen LogP contribution in [-0.2, 0) is 21.4 Å². The van der Waals surface area contributed by atoms with Crippen LogP contribution in [0.4, 0.5) is 4.79 Å². The van der Waals surface area contributed by atoms with Crippen molar-refractivity contribution in [3.63, 3.8) is 0 Å². The molecule has 0 aromatic heterocycles. The van der Waals surface area contributed by atoms with Gasteiger partial charge in [0, 0.05) is 18.3 Å². The summed E-state index contributed by atoms with van der Waals surface area (Å²) in [5.41, 5.74) is 0.879. The van der Waals surface area contributed by atoms with Gasteiger partial charge in [-0.1, -0.05) is 48.5 Å². The highest BCUT2D eigenvalue weighted by Gasteiger charge is 2.36. The molecule has 1 amide bonds. The van der Waals surface area contributed by atoms with E-state index in [4.69, 9.17) is 9.47 Å². The summed E-state index contributed by atoms with van der Waals surface area (Å²) in [6, 6.07) is 24.2. The zero-order valence-electron chi connectivity index (χ0n) is 17.7. The number of nitrogens with zero attached hydrogens (tertiary/aromatic N) is 1. The second-order valence-corrected chi connectivity index (χ2v) is 10.0. The Hall–Kier alpha value is -3.01. The zero-order valence-corrected chi connectivity index (χ0v) is 19.4. The van der Waals surface area contributed by atoms with Crippen molar-refractivity contribution in [2.24, 2.45) is 0 Å². The number of thiol groups is 1. The van der Waals surface area contributed by atoms with Crippen molar-refractivity contribution >= 4 is 28.7 Å². The fraction of sp³-hybridized carbons (Fsp3) is 0.208. The van der Waals surface area contributed by atoms with Crippen LogP contribution in [0.15, 0.2) is 89.8 Å². The van der Waals surface area contributed by atoms with Crippen LogP contribution in [-0.4, -0.2) is 43.8 Å². The van der Waals surface area contributed by atoms with Gasteiger partial charge in [-0.05, 0) is 42.0 Å². The molecule has 33 heavy (non-hydrogen) atoms. The van der Waals surface area contributed by atoms with Crippen molar-refractivity contribution in [2.75, 3.05) is 13.1 Å². The van der Waals surface area contributed by atoms with E-state index < -0.39 is 22.2 Å². The SMILES string of the molecule is O=C(OCc1ccccc1)N1C[C@@H](S)[C@@H](NS(=O)(=O)c2ccc(Oc3ccccc3)cc2)C1. The molecule has 1 aliphatic heterocycles. The Morgan fingerprint density at radius 2 is 1.52 bits per heavy atom. The molecule has 1 saturated heterocycles. The first-order chi connectivity index (χ1) is 15.9. The maximum absolute atomic E-state index is 12.9. The molecule has 3 aromatic rings. The lowest BCUT2D eigenvalue weighted by atomic mass is 10.2. The second kappa shape index (κ2) is 10.3. The van der Waals surface area contributed by atoms with Crippen LogP contribution in [0.3, 0.4) is 0 Å². The highest BCUT2D eigenvalue weighted by atomic mass is 32.2. The summed E-state index contributed by atoms with van der Waals surface area (Å²) in [7, 11) is -3.80. The Morgan fingerprint density at radius 1 is 0.909 bits per heavy atom. The van der Waals surface area contributed by atoms with Crippen LogP contribution < -0.4 is 9.46 Å². The van der Waals surface area contributed by atoms with E-state index in [2.05, 4.69) is 17.4 Å². The molecule has 0 spiro atoms. The molecule has 1 aliphatic rings. The summed E-state index contributed by atoms with van der Waals surface area (Å²) in [6.07, 6.45) is -0.498. The van der Waals surface area contributed by atoms with Crippen LogP contribution in [0.25, 0.3) is 0 Å². The molecule has 1 N–H and O–H groups in total. The molecule has 2 atom stereocenters. The van der Waals surface area contributed by atoms with Gasteiger partial charge in [0.2, 0.25) is 10.0 Å². The van der Waals surface area contributed by atoms with E-state index in [0.717, 1.165) is 5.56 Å². The third-order valence-corrected chi connectivity index (χ3v) is 7.20. The van der Waals surface area contributed by atoms with Crippen LogP contribution in [0, 0.1) is 0 Å². The predicted molar refractivity (Wildman–Crippen MR) is 128 cm³/mol. The fourth-order valence-electron chi connectivity index (χ4n) is 3.44. The normalized spacial score (nSPS) is 18.2. The van der Waals surface area contributed by atoms with Gasteiger partial charge in [-0.2, -0.15) is 12.6 Å². The van der Waals surface area contributed by atoms with Crippen LogP contribution in [0.5, 0.6) is 11.5 Å². The number of likely N-dealkylation sites (tertiary alicyclic amines) is 1. The molecule has 0 bridgehead atoms. The number of carbonyl (C=O) groups is 1. The highest BCUT2D eigenvalue weighted by molar-refractivity contribution is 7.89. The summed E-state index contributed by atoms with van der Waals surface area (Å²) in [5, 5.41) is -0.357. The first kappa shape index (κ1) is 23.2. The number of para-hydroxylation sites is 1. The number of hydrogen-bond acceptors (Lipinski definition) is 6. The molecular weight excluding hydrogens is 460 g/mol. The molecular formula is C24H24N2O5S2. The minimum atomic E-state index is -3.80. The molecule has 172 valence electrons. The van der Waals surface area contributed by atoms with Crippen molar-refractivity contribution in [3.8, 4) is 11.5 Å². The number of carbonyl (C=O) groups excluding carboxylic acids is 1. The first-order valence-corrected chi connectivity index (χ1v) is 12.4. The zero-order chi connectivity index (χ0) is 23.3. The van der Waals surface area contributed by atoms with Gasteiger partial charge in [0.25, 0.3) is 0 Å². The summed E-state index contributed by atoms with van der Waals surface area (Å²) in [5.74, 6) is 1.19. The van der Waals surface area contributed by atoms with Crippen molar-refractivity contribution in [2.45, 2.75) is 22.8 Å². The maximum Gasteiger partial charge on any atom is 0.410 e. The van der Waals surface area contributed by atoms with Crippen LogP contribution >= 0.6 is 12.6 Å². The topological polar surface area (TPSA) is 84.9 Å². The number of benzene rings is 3. The second-order valence-electron chi connectivity index (χ2n) is 7.63. The van der Waals surface area contributed by atoms with E-state index in [9.17, 15) is 13.2 Å². The van der Waals surface area contributed by atoms with E-state index in [1.165, 1.54) is 17.0 Å². The van der Waals surface area contributed by atoms with Crippen molar-refractivity contribution in [1.82, 2.24) is 9.62 Å². The lowest BCUT2D eigenvalue weighted by molar-refractivity contribution is 0.104. The summed E-state index contributed by atoms with van der Waals surface area (Å²) in [4.78, 5) is 14.0. The molecule has 0 saturated carbocycles. The maximum atomic E-state index is 12.9. The number of amides is 1.